The van der Waals surface area contributed by atoms with Crippen LogP contribution in [0.1, 0.15) is 12.6 Å². The molecule has 0 saturated heterocycles. The van der Waals surface area contributed by atoms with E-state index in [1.807, 2.05) is 13.1 Å². The molecule has 2 amide bonds. The Hall–Kier alpha value is -3.75. The minimum absolute atomic E-state index is 0.296. The Bertz CT molecular complexity index is 967. The van der Waals surface area contributed by atoms with Gasteiger partial charge in [-0.2, -0.15) is 0 Å². The monoisotopic (exact) mass is 366 g/mol. The maximum absolute atomic E-state index is 11.8. The van der Waals surface area contributed by atoms with Crippen molar-refractivity contribution in [1.29, 1.82) is 0 Å². The number of aryl methyl sites for hydroxylation is 1. The maximum Gasteiger partial charge on any atom is 0.237 e. The predicted octanol–water partition coefficient (Wildman–Crippen LogP) is 1.82. The van der Waals surface area contributed by atoms with Gasteiger partial charge in [0, 0.05) is 18.5 Å². The highest BCUT2D eigenvalue weighted by atomic mass is 16.5. The number of nitrogens with one attached hydrogen (secondary N) is 1. The van der Waals surface area contributed by atoms with Gasteiger partial charge in [-0.1, -0.05) is 0 Å². The molecule has 1 unspecified atom stereocenters. The minimum Gasteiger partial charge on any atom is -0.456 e. The van der Waals surface area contributed by atoms with Gasteiger partial charge in [-0.3, -0.25) is 14.2 Å². The van der Waals surface area contributed by atoms with Gasteiger partial charge >= 0.3 is 0 Å². The molecule has 0 aliphatic carbocycles. The largest absolute Gasteiger partial charge is 0.456 e. The quantitative estimate of drug-likeness (QED) is 0.641. The number of hydrogen-bond donors (Lipinski definition) is 2. The van der Waals surface area contributed by atoms with Crippen LogP contribution in [0, 0.1) is 12.8 Å². The lowest BCUT2D eigenvalue weighted by molar-refractivity contribution is -0.129. The fourth-order valence-corrected chi connectivity index (χ4v) is 2.17. The molecule has 9 nitrogen and oxygen atoms in total. The molecule has 3 rings (SSSR count). The molecule has 0 saturated carbocycles. The number of aromatic nitrogens is 4. The van der Waals surface area contributed by atoms with E-state index in [4.69, 9.17) is 10.5 Å². The molecule has 9 heteroatoms. The minimum atomic E-state index is -0.940. The first-order chi connectivity index (χ1) is 12.9. The molecule has 0 fully saturated rings. The van der Waals surface area contributed by atoms with E-state index >= 15 is 0 Å². The normalized spacial score (nSPS) is 11.6. The van der Waals surface area contributed by atoms with E-state index in [9.17, 15) is 9.59 Å². The third-order valence-corrected chi connectivity index (χ3v) is 3.74. The number of primary amides is 1. The van der Waals surface area contributed by atoms with Crippen LogP contribution in [0.3, 0.4) is 0 Å². The number of amides is 2. The molecule has 0 radical (unpaired) electrons. The number of hydrogen-bond acceptors (Lipinski definition) is 6. The van der Waals surface area contributed by atoms with Crippen molar-refractivity contribution in [1.82, 2.24) is 19.5 Å². The summed E-state index contributed by atoms with van der Waals surface area (Å²) in [5.41, 5.74) is 5.99. The highest BCUT2D eigenvalue weighted by molar-refractivity contribution is 6.05. The molecule has 3 aromatic rings. The van der Waals surface area contributed by atoms with E-state index in [2.05, 4.69) is 20.3 Å². The topological polar surface area (TPSA) is 125 Å². The summed E-state index contributed by atoms with van der Waals surface area (Å²) in [6, 6.07) is 6.71. The van der Waals surface area contributed by atoms with Gasteiger partial charge in [-0.25, -0.2) is 15.0 Å². The second-order valence-corrected chi connectivity index (χ2v) is 5.87. The number of pyridine rings is 2. The number of anilines is 1. The number of rotatable bonds is 6. The van der Waals surface area contributed by atoms with Crippen LogP contribution in [0.25, 0.3) is 5.82 Å². The third-order valence-electron chi connectivity index (χ3n) is 3.74. The number of carbonyl (C=O) groups excluding carboxylic acids is 2. The molecule has 0 spiro atoms. The van der Waals surface area contributed by atoms with Gasteiger partial charge in [0.25, 0.3) is 0 Å². The SMILES string of the molecule is Cc1cn(-c2cc(Oc3ccc(NC(=O)C(C)C(N)=O)nc3)ccn2)cn1. The molecule has 0 bridgehead atoms. The van der Waals surface area contributed by atoms with Crippen LogP contribution in [0.5, 0.6) is 11.5 Å². The highest BCUT2D eigenvalue weighted by Crippen LogP contribution is 2.23. The second kappa shape index (κ2) is 7.65. The van der Waals surface area contributed by atoms with Crippen LogP contribution in [-0.4, -0.2) is 31.3 Å². The molecule has 1 atom stereocenters. The average Bonchev–Trinajstić information content (AvgIpc) is 3.09. The molecule has 3 heterocycles. The Kier molecular flexibility index (Phi) is 5.11. The lowest BCUT2D eigenvalue weighted by Crippen LogP contribution is -2.32. The van der Waals surface area contributed by atoms with Gasteiger partial charge in [0.1, 0.15) is 35.4 Å². The fourth-order valence-electron chi connectivity index (χ4n) is 2.17. The Morgan fingerprint density at radius 3 is 2.63 bits per heavy atom. The standard InChI is InChI=1S/C18H18N6O3/c1-11-9-24(10-22-11)16-7-13(5-6-20-16)27-14-3-4-15(21-8-14)23-18(26)12(2)17(19)25/h3-10,12H,1-2H3,(H2,19,25)(H,21,23,26). The van der Waals surface area contributed by atoms with Crippen molar-refractivity contribution in [3.05, 3.63) is 54.9 Å². The van der Waals surface area contributed by atoms with Gasteiger partial charge in [0.2, 0.25) is 11.8 Å². The first-order valence-electron chi connectivity index (χ1n) is 8.13. The van der Waals surface area contributed by atoms with E-state index in [1.165, 1.54) is 13.1 Å². The number of ether oxygens (including phenoxy) is 1. The Labute approximate surface area is 155 Å². The summed E-state index contributed by atoms with van der Waals surface area (Å²) in [5.74, 6) is -0.130. The van der Waals surface area contributed by atoms with Gasteiger partial charge < -0.3 is 15.8 Å². The molecule has 3 N–H and O–H groups in total. The van der Waals surface area contributed by atoms with E-state index in [0.29, 0.717) is 23.1 Å². The summed E-state index contributed by atoms with van der Waals surface area (Å²) < 4.78 is 7.56. The van der Waals surface area contributed by atoms with Crippen molar-refractivity contribution in [3.8, 4) is 17.3 Å². The van der Waals surface area contributed by atoms with E-state index in [0.717, 1.165) is 5.69 Å². The Morgan fingerprint density at radius 1 is 1.19 bits per heavy atom. The fraction of sp³-hybridized carbons (Fsp3) is 0.167. The summed E-state index contributed by atoms with van der Waals surface area (Å²) in [6.45, 7) is 3.32. The number of nitrogens with zero attached hydrogens (tertiary/aromatic N) is 4. The van der Waals surface area contributed by atoms with E-state index in [1.54, 1.807) is 41.4 Å². The molecule has 0 aliphatic rings. The van der Waals surface area contributed by atoms with Crippen LogP contribution in [0.2, 0.25) is 0 Å². The zero-order valence-corrected chi connectivity index (χ0v) is 14.8. The molecular formula is C18H18N6O3. The van der Waals surface area contributed by atoms with Crippen LogP contribution in [-0.2, 0) is 9.59 Å². The average molecular weight is 366 g/mol. The summed E-state index contributed by atoms with van der Waals surface area (Å²) in [4.78, 5) is 35.4. The molecule has 27 heavy (non-hydrogen) atoms. The Balaban J connectivity index is 1.68. The Morgan fingerprint density at radius 2 is 2.00 bits per heavy atom. The maximum atomic E-state index is 11.8. The number of imidazole rings is 1. The molecule has 0 aromatic carbocycles. The van der Waals surface area contributed by atoms with Crippen molar-refractivity contribution in [2.75, 3.05) is 5.32 Å². The van der Waals surface area contributed by atoms with E-state index in [-0.39, 0.29) is 0 Å². The van der Waals surface area contributed by atoms with Gasteiger partial charge in [-0.15, -0.1) is 0 Å². The van der Waals surface area contributed by atoms with Crippen LogP contribution >= 0.6 is 0 Å². The van der Waals surface area contributed by atoms with Gasteiger partial charge in [0.05, 0.1) is 11.9 Å². The summed E-state index contributed by atoms with van der Waals surface area (Å²) in [7, 11) is 0. The zero-order chi connectivity index (χ0) is 19.4. The lowest BCUT2D eigenvalue weighted by atomic mass is 10.1. The van der Waals surface area contributed by atoms with Crippen LogP contribution < -0.4 is 15.8 Å². The molecule has 138 valence electrons. The number of nitrogens with two attached hydrogens (primary N) is 1. The first kappa shape index (κ1) is 18.1. The third kappa shape index (κ3) is 4.46. The van der Waals surface area contributed by atoms with Crippen molar-refractivity contribution in [3.63, 3.8) is 0 Å². The van der Waals surface area contributed by atoms with Crippen LogP contribution in [0.4, 0.5) is 5.82 Å². The summed E-state index contributed by atoms with van der Waals surface area (Å²) in [6.07, 6.45) is 6.63. The zero-order valence-electron chi connectivity index (χ0n) is 14.8. The molecular weight excluding hydrogens is 348 g/mol. The predicted molar refractivity (Wildman–Crippen MR) is 97.4 cm³/mol. The van der Waals surface area contributed by atoms with Crippen molar-refractivity contribution in [2.45, 2.75) is 13.8 Å². The summed E-state index contributed by atoms with van der Waals surface area (Å²) >= 11 is 0. The van der Waals surface area contributed by atoms with E-state index < -0.39 is 17.7 Å². The molecule has 3 aromatic heterocycles. The van der Waals surface area contributed by atoms with Gasteiger partial charge in [-0.05, 0) is 32.0 Å². The first-order valence-corrected chi connectivity index (χ1v) is 8.13. The smallest absolute Gasteiger partial charge is 0.237 e. The lowest BCUT2D eigenvalue weighted by Gasteiger charge is -2.10. The van der Waals surface area contributed by atoms with Crippen molar-refractivity contribution < 1.29 is 14.3 Å². The van der Waals surface area contributed by atoms with Gasteiger partial charge in [0.15, 0.2) is 0 Å². The highest BCUT2D eigenvalue weighted by Gasteiger charge is 2.18. The number of carbonyl (C=O) groups is 2. The second-order valence-electron chi connectivity index (χ2n) is 5.87. The molecule has 0 aliphatic heterocycles. The van der Waals surface area contributed by atoms with Crippen LogP contribution in [0.15, 0.2) is 49.2 Å². The summed E-state index contributed by atoms with van der Waals surface area (Å²) in [5, 5.41) is 2.52. The van der Waals surface area contributed by atoms with Crippen molar-refractivity contribution >= 4 is 17.6 Å². The van der Waals surface area contributed by atoms with Crippen molar-refractivity contribution in [2.24, 2.45) is 11.7 Å².